The Morgan fingerprint density at radius 3 is 2.49 bits per heavy atom. The molecule has 2 N–H and O–H groups in total. The van der Waals surface area contributed by atoms with E-state index in [4.69, 9.17) is 21.7 Å². The Morgan fingerprint density at radius 1 is 1.20 bits per heavy atom. The number of benzene rings is 1. The minimum absolute atomic E-state index is 0.142. The normalized spacial score (nSPS) is 15.3. The first-order chi connectivity index (χ1) is 16.5. The summed E-state index contributed by atoms with van der Waals surface area (Å²) in [5.74, 6) is 1.12. The molecule has 6 nitrogen and oxygen atoms in total. The van der Waals surface area contributed by atoms with Crippen LogP contribution in [0.3, 0.4) is 0 Å². The van der Waals surface area contributed by atoms with Gasteiger partial charge in [0.25, 0.3) is 5.91 Å². The van der Waals surface area contributed by atoms with Crippen LogP contribution in [-0.2, 0) is 17.6 Å². The molecule has 0 bridgehead atoms. The maximum absolute atomic E-state index is 12.7. The Bertz CT molecular complexity index is 1070. The minimum Gasteiger partial charge on any atom is -0.494 e. The van der Waals surface area contributed by atoms with E-state index in [1.165, 1.54) is 23.3 Å². The smallest absolute Gasteiger partial charge is 0.341 e. The van der Waals surface area contributed by atoms with Gasteiger partial charge in [-0.2, -0.15) is 0 Å². The van der Waals surface area contributed by atoms with E-state index < -0.39 is 0 Å². The highest BCUT2D eigenvalue weighted by molar-refractivity contribution is 7.80. The molecule has 35 heavy (non-hydrogen) atoms. The number of anilines is 1. The van der Waals surface area contributed by atoms with Crippen LogP contribution in [0.15, 0.2) is 24.3 Å². The van der Waals surface area contributed by atoms with Crippen molar-refractivity contribution in [3.63, 3.8) is 0 Å². The molecule has 3 rings (SSSR count). The highest BCUT2D eigenvalue weighted by Crippen LogP contribution is 2.44. The second-order valence-electron chi connectivity index (χ2n) is 10.5. The number of amides is 1. The molecule has 0 spiro atoms. The molecule has 1 aromatic carbocycles. The standard InChI is InChI=1S/C27H36N2O4S2/c1-16(2)13-14-33-19-10-7-17(8-11-19)23(30)28-26(34)29-24-22(25(31)32-6)20-12-9-18(27(3,4)5)15-21(20)35-24/h7-8,10-11,16,18H,9,12-15H2,1-6H3,(H2,28,29,30,34). The number of fused-ring (bicyclic) bond motifs is 1. The molecule has 2 aromatic rings. The van der Waals surface area contributed by atoms with E-state index in [-0.39, 0.29) is 22.4 Å². The average Bonchev–Trinajstić information content (AvgIpc) is 3.14. The summed E-state index contributed by atoms with van der Waals surface area (Å²) in [6, 6.07) is 6.97. The molecule has 1 aliphatic carbocycles. The van der Waals surface area contributed by atoms with Crippen molar-refractivity contribution < 1.29 is 19.1 Å². The lowest BCUT2D eigenvalue weighted by Gasteiger charge is -2.33. The van der Waals surface area contributed by atoms with Crippen molar-refractivity contribution in [1.29, 1.82) is 0 Å². The largest absolute Gasteiger partial charge is 0.494 e. The van der Waals surface area contributed by atoms with Gasteiger partial charge in [-0.05, 0) is 85.0 Å². The van der Waals surface area contributed by atoms with Crippen molar-refractivity contribution in [2.45, 2.75) is 60.3 Å². The number of hydrogen-bond donors (Lipinski definition) is 2. The molecular formula is C27H36N2O4S2. The Balaban J connectivity index is 1.68. The van der Waals surface area contributed by atoms with E-state index in [9.17, 15) is 9.59 Å². The van der Waals surface area contributed by atoms with Gasteiger partial charge in [-0.1, -0.05) is 34.6 Å². The van der Waals surface area contributed by atoms with Gasteiger partial charge in [0, 0.05) is 10.4 Å². The molecule has 1 amide bonds. The number of methoxy groups -OCH3 is 1. The number of carbonyl (C=O) groups is 2. The molecule has 1 heterocycles. The van der Waals surface area contributed by atoms with E-state index in [1.807, 2.05) is 0 Å². The van der Waals surface area contributed by atoms with Crippen LogP contribution in [-0.4, -0.2) is 30.7 Å². The molecule has 1 aromatic heterocycles. The second kappa shape index (κ2) is 11.5. The van der Waals surface area contributed by atoms with E-state index in [0.717, 1.165) is 37.0 Å². The Kier molecular flexibility index (Phi) is 8.94. The summed E-state index contributed by atoms with van der Waals surface area (Å²) in [5, 5.41) is 6.56. The first kappa shape index (κ1) is 27.1. The van der Waals surface area contributed by atoms with Crippen LogP contribution < -0.4 is 15.4 Å². The van der Waals surface area contributed by atoms with Gasteiger partial charge < -0.3 is 14.8 Å². The summed E-state index contributed by atoms with van der Waals surface area (Å²) in [7, 11) is 1.38. The second-order valence-corrected chi connectivity index (χ2v) is 12.0. The first-order valence-corrected chi connectivity index (χ1v) is 13.3. The molecule has 190 valence electrons. The van der Waals surface area contributed by atoms with E-state index >= 15 is 0 Å². The van der Waals surface area contributed by atoms with Crippen LogP contribution in [0.2, 0.25) is 0 Å². The molecule has 1 aliphatic rings. The molecule has 1 unspecified atom stereocenters. The zero-order valence-electron chi connectivity index (χ0n) is 21.4. The van der Waals surface area contributed by atoms with Gasteiger partial charge in [-0.3, -0.25) is 10.1 Å². The van der Waals surface area contributed by atoms with E-state index in [1.54, 1.807) is 24.3 Å². The molecule has 0 radical (unpaired) electrons. The van der Waals surface area contributed by atoms with Gasteiger partial charge in [0.2, 0.25) is 0 Å². The zero-order valence-corrected chi connectivity index (χ0v) is 23.1. The quantitative estimate of drug-likeness (QED) is 0.335. The zero-order chi connectivity index (χ0) is 25.8. The summed E-state index contributed by atoms with van der Waals surface area (Å²) in [6.07, 6.45) is 3.73. The molecule has 0 saturated carbocycles. The average molecular weight is 517 g/mol. The number of thiocarbonyl (C=S) groups is 1. The maximum atomic E-state index is 12.7. The van der Waals surface area contributed by atoms with Crippen LogP contribution in [0.1, 0.15) is 78.6 Å². The molecule has 8 heteroatoms. The third kappa shape index (κ3) is 7.04. The summed E-state index contributed by atoms with van der Waals surface area (Å²) in [5.41, 5.74) is 2.22. The van der Waals surface area contributed by atoms with Crippen molar-refractivity contribution in [1.82, 2.24) is 5.32 Å². The first-order valence-electron chi connectivity index (χ1n) is 12.1. The van der Waals surface area contributed by atoms with Gasteiger partial charge >= 0.3 is 5.97 Å². The SMILES string of the molecule is COC(=O)c1c(NC(=S)NC(=O)c2ccc(OCCC(C)C)cc2)sc2c1CCC(C(C)(C)C)C2. The summed E-state index contributed by atoms with van der Waals surface area (Å²) >= 11 is 6.93. The Labute approximate surface area is 217 Å². The predicted molar refractivity (Wildman–Crippen MR) is 146 cm³/mol. The van der Waals surface area contributed by atoms with E-state index in [2.05, 4.69) is 45.3 Å². The van der Waals surface area contributed by atoms with Crippen LogP contribution in [0, 0.1) is 17.3 Å². The third-order valence-electron chi connectivity index (χ3n) is 6.41. The van der Waals surface area contributed by atoms with Gasteiger partial charge in [-0.25, -0.2) is 4.79 Å². The number of nitrogens with one attached hydrogen (secondary N) is 2. The molecule has 0 fully saturated rings. The summed E-state index contributed by atoms with van der Waals surface area (Å²) in [6.45, 7) is 11.7. The number of thiophene rings is 1. The lowest BCUT2D eigenvalue weighted by molar-refractivity contribution is 0.0600. The number of ether oxygens (including phenoxy) is 2. The molecular weight excluding hydrogens is 480 g/mol. The molecule has 1 atom stereocenters. The van der Waals surface area contributed by atoms with Crippen molar-refractivity contribution in [2.75, 3.05) is 19.0 Å². The fourth-order valence-corrected chi connectivity index (χ4v) is 5.74. The maximum Gasteiger partial charge on any atom is 0.341 e. The molecule has 0 aliphatic heterocycles. The van der Waals surface area contributed by atoms with Crippen LogP contribution >= 0.6 is 23.6 Å². The van der Waals surface area contributed by atoms with Gasteiger partial charge in [0.15, 0.2) is 5.11 Å². The fraction of sp³-hybridized carbons (Fsp3) is 0.519. The third-order valence-corrected chi connectivity index (χ3v) is 7.79. The van der Waals surface area contributed by atoms with Crippen LogP contribution in [0.5, 0.6) is 5.75 Å². The van der Waals surface area contributed by atoms with Crippen molar-refractivity contribution in [2.24, 2.45) is 17.3 Å². The highest BCUT2D eigenvalue weighted by Gasteiger charge is 2.34. The predicted octanol–water partition coefficient (Wildman–Crippen LogP) is 6.24. The van der Waals surface area contributed by atoms with Gasteiger partial charge in [0.1, 0.15) is 10.8 Å². The summed E-state index contributed by atoms with van der Waals surface area (Å²) in [4.78, 5) is 26.5. The van der Waals surface area contributed by atoms with Gasteiger partial charge in [0.05, 0.1) is 19.3 Å². The van der Waals surface area contributed by atoms with Gasteiger partial charge in [-0.15, -0.1) is 11.3 Å². The lowest BCUT2D eigenvalue weighted by atomic mass is 9.72. The topological polar surface area (TPSA) is 76.7 Å². The monoisotopic (exact) mass is 516 g/mol. The minimum atomic E-state index is -0.388. The highest BCUT2D eigenvalue weighted by atomic mass is 32.1. The van der Waals surface area contributed by atoms with Crippen molar-refractivity contribution in [3.05, 3.63) is 45.8 Å². The van der Waals surface area contributed by atoms with Crippen LogP contribution in [0.4, 0.5) is 5.00 Å². The number of rotatable bonds is 7. The fourth-order valence-electron chi connectivity index (χ4n) is 4.16. The summed E-state index contributed by atoms with van der Waals surface area (Å²) < 4.78 is 10.8. The number of hydrogen-bond acceptors (Lipinski definition) is 6. The Hall–Kier alpha value is -2.45. The Morgan fingerprint density at radius 2 is 1.89 bits per heavy atom. The van der Waals surface area contributed by atoms with E-state index in [0.29, 0.717) is 34.6 Å². The van der Waals surface area contributed by atoms with Crippen molar-refractivity contribution in [3.8, 4) is 5.75 Å². The molecule has 0 saturated heterocycles. The lowest BCUT2D eigenvalue weighted by Crippen LogP contribution is -2.34. The number of esters is 1. The number of carbonyl (C=O) groups excluding carboxylic acids is 2. The van der Waals surface area contributed by atoms with Crippen molar-refractivity contribution >= 4 is 45.5 Å². The van der Waals surface area contributed by atoms with Crippen LogP contribution in [0.25, 0.3) is 0 Å².